The normalized spacial score (nSPS) is 22.2. The summed E-state index contributed by atoms with van der Waals surface area (Å²) >= 11 is 0. The monoisotopic (exact) mass is 170 g/mol. The first-order valence-corrected chi connectivity index (χ1v) is 5.15. The van der Waals surface area contributed by atoms with E-state index in [1.165, 1.54) is 25.7 Å². The molecule has 1 atom stereocenters. The molecular formula is C10H22N2. The van der Waals surface area contributed by atoms with Gasteiger partial charge in [-0.2, -0.15) is 0 Å². The van der Waals surface area contributed by atoms with Crippen LogP contribution in [0, 0.1) is 5.92 Å². The zero-order valence-corrected chi connectivity index (χ0v) is 8.40. The van der Waals surface area contributed by atoms with Gasteiger partial charge in [0.1, 0.15) is 0 Å². The van der Waals surface area contributed by atoms with Gasteiger partial charge < -0.3 is 11.1 Å². The maximum atomic E-state index is 5.76. The number of rotatable bonds is 6. The highest BCUT2D eigenvalue weighted by Crippen LogP contribution is 2.36. The molecule has 72 valence electrons. The van der Waals surface area contributed by atoms with Gasteiger partial charge in [-0.25, -0.2) is 0 Å². The molecule has 0 aromatic carbocycles. The van der Waals surface area contributed by atoms with Crippen LogP contribution in [0.4, 0.5) is 0 Å². The lowest BCUT2D eigenvalue weighted by atomic mass is 9.95. The fourth-order valence-corrected chi connectivity index (χ4v) is 1.61. The van der Waals surface area contributed by atoms with E-state index in [-0.39, 0.29) is 5.54 Å². The van der Waals surface area contributed by atoms with Crippen molar-refractivity contribution in [2.75, 3.05) is 13.1 Å². The largest absolute Gasteiger partial charge is 0.329 e. The quantitative estimate of drug-likeness (QED) is 0.634. The van der Waals surface area contributed by atoms with E-state index in [2.05, 4.69) is 19.2 Å². The summed E-state index contributed by atoms with van der Waals surface area (Å²) in [5.74, 6) is 0.961. The summed E-state index contributed by atoms with van der Waals surface area (Å²) in [5.41, 5.74) is 5.97. The van der Waals surface area contributed by atoms with Crippen molar-refractivity contribution < 1.29 is 0 Å². The minimum atomic E-state index is 0.206. The third-order valence-electron chi connectivity index (χ3n) is 2.69. The van der Waals surface area contributed by atoms with Crippen LogP contribution in [0.3, 0.4) is 0 Å². The molecule has 0 radical (unpaired) electrons. The Labute approximate surface area is 75.9 Å². The predicted molar refractivity (Wildman–Crippen MR) is 53.1 cm³/mol. The SMILES string of the molecule is CCCNC(C)(CN)CC1CC1. The fourth-order valence-electron chi connectivity index (χ4n) is 1.61. The molecule has 0 spiro atoms. The first-order valence-electron chi connectivity index (χ1n) is 5.15. The van der Waals surface area contributed by atoms with Gasteiger partial charge in [0.05, 0.1) is 0 Å². The second-order valence-corrected chi connectivity index (χ2v) is 4.34. The minimum Gasteiger partial charge on any atom is -0.329 e. The van der Waals surface area contributed by atoms with Crippen molar-refractivity contribution in [3.05, 3.63) is 0 Å². The van der Waals surface area contributed by atoms with Crippen LogP contribution in [0.5, 0.6) is 0 Å². The van der Waals surface area contributed by atoms with E-state index in [9.17, 15) is 0 Å². The molecule has 1 unspecified atom stereocenters. The molecule has 2 heteroatoms. The molecular weight excluding hydrogens is 148 g/mol. The maximum Gasteiger partial charge on any atom is 0.0278 e. The molecule has 2 nitrogen and oxygen atoms in total. The maximum absolute atomic E-state index is 5.76. The molecule has 0 aliphatic heterocycles. The lowest BCUT2D eigenvalue weighted by Crippen LogP contribution is -2.49. The summed E-state index contributed by atoms with van der Waals surface area (Å²) in [4.78, 5) is 0. The van der Waals surface area contributed by atoms with Gasteiger partial charge in [0.25, 0.3) is 0 Å². The Kier molecular flexibility index (Phi) is 3.53. The van der Waals surface area contributed by atoms with Gasteiger partial charge >= 0.3 is 0 Å². The molecule has 12 heavy (non-hydrogen) atoms. The molecule has 1 aliphatic carbocycles. The third-order valence-corrected chi connectivity index (χ3v) is 2.69. The van der Waals surface area contributed by atoms with Crippen LogP contribution in [0.1, 0.15) is 39.5 Å². The van der Waals surface area contributed by atoms with Crippen molar-refractivity contribution in [2.24, 2.45) is 11.7 Å². The summed E-state index contributed by atoms with van der Waals surface area (Å²) in [6.07, 6.45) is 5.30. The Morgan fingerprint density at radius 1 is 1.50 bits per heavy atom. The number of nitrogens with two attached hydrogens (primary N) is 1. The van der Waals surface area contributed by atoms with Crippen molar-refractivity contribution in [3.63, 3.8) is 0 Å². The molecule has 0 heterocycles. The van der Waals surface area contributed by atoms with E-state index in [0.717, 1.165) is 19.0 Å². The average molecular weight is 170 g/mol. The van der Waals surface area contributed by atoms with Crippen molar-refractivity contribution in [1.82, 2.24) is 5.32 Å². The van der Waals surface area contributed by atoms with Crippen molar-refractivity contribution in [1.29, 1.82) is 0 Å². The van der Waals surface area contributed by atoms with Gasteiger partial charge in [0.2, 0.25) is 0 Å². The van der Waals surface area contributed by atoms with Crippen molar-refractivity contribution in [3.8, 4) is 0 Å². The zero-order chi connectivity index (χ0) is 9.03. The summed E-state index contributed by atoms with van der Waals surface area (Å²) in [6.45, 7) is 6.31. The Hall–Kier alpha value is -0.0800. The van der Waals surface area contributed by atoms with Crippen LogP contribution in [-0.2, 0) is 0 Å². The van der Waals surface area contributed by atoms with E-state index < -0.39 is 0 Å². The molecule has 0 bridgehead atoms. The smallest absolute Gasteiger partial charge is 0.0278 e. The molecule has 0 amide bonds. The number of hydrogen-bond acceptors (Lipinski definition) is 2. The summed E-state index contributed by atoms with van der Waals surface area (Å²) in [7, 11) is 0. The first kappa shape index (κ1) is 10.0. The Morgan fingerprint density at radius 2 is 2.17 bits per heavy atom. The van der Waals surface area contributed by atoms with Crippen LogP contribution < -0.4 is 11.1 Å². The molecule has 0 aromatic heterocycles. The summed E-state index contributed by atoms with van der Waals surface area (Å²) in [6, 6.07) is 0. The van der Waals surface area contributed by atoms with E-state index in [1.54, 1.807) is 0 Å². The highest BCUT2D eigenvalue weighted by atomic mass is 15.0. The predicted octanol–water partition coefficient (Wildman–Crippen LogP) is 1.50. The highest BCUT2D eigenvalue weighted by molar-refractivity contribution is 4.90. The molecule has 0 aromatic rings. The topological polar surface area (TPSA) is 38.0 Å². The summed E-state index contributed by atoms with van der Waals surface area (Å²) in [5, 5.41) is 3.54. The van der Waals surface area contributed by atoms with Gasteiger partial charge in [0.15, 0.2) is 0 Å². The second-order valence-electron chi connectivity index (χ2n) is 4.34. The average Bonchev–Trinajstić information content (AvgIpc) is 2.85. The molecule has 1 saturated carbocycles. The third kappa shape index (κ3) is 3.11. The van der Waals surface area contributed by atoms with Gasteiger partial charge in [0, 0.05) is 12.1 Å². The highest BCUT2D eigenvalue weighted by Gasteiger charge is 2.31. The minimum absolute atomic E-state index is 0.206. The van der Waals surface area contributed by atoms with Crippen LogP contribution in [0.15, 0.2) is 0 Å². The summed E-state index contributed by atoms with van der Waals surface area (Å²) < 4.78 is 0. The van der Waals surface area contributed by atoms with Crippen LogP contribution in [-0.4, -0.2) is 18.6 Å². The molecule has 1 aliphatic rings. The van der Waals surface area contributed by atoms with Crippen molar-refractivity contribution >= 4 is 0 Å². The van der Waals surface area contributed by atoms with Crippen molar-refractivity contribution in [2.45, 2.75) is 45.1 Å². The molecule has 0 saturated heterocycles. The lowest BCUT2D eigenvalue weighted by Gasteiger charge is -2.29. The molecule has 1 rings (SSSR count). The number of hydrogen-bond donors (Lipinski definition) is 2. The molecule has 1 fully saturated rings. The van der Waals surface area contributed by atoms with Crippen LogP contribution in [0.25, 0.3) is 0 Å². The Bertz CT molecular complexity index is 132. The van der Waals surface area contributed by atoms with E-state index in [1.807, 2.05) is 0 Å². The molecule has 3 N–H and O–H groups in total. The van der Waals surface area contributed by atoms with Crippen LogP contribution in [0.2, 0.25) is 0 Å². The first-order chi connectivity index (χ1) is 5.70. The lowest BCUT2D eigenvalue weighted by molar-refractivity contribution is 0.324. The van der Waals surface area contributed by atoms with Crippen LogP contribution >= 0.6 is 0 Å². The fraction of sp³-hybridized carbons (Fsp3) is 1.00. The zero-order valence-electron chi connectivity index (χ0n) is 8.40. The number of nitrogens with one attached hydrogen (secondary N) is 1. The second kappa shape index (κ2) is 4.24. The van der Waals surface area contributed by atoms with Gasteiger partial charge in [-0.3, -0.25) is 0 Å². The van der Waals surface area contributed by atoms with E-state index in [4.69, 9.17) is 5.73 Å². The van der Waals surface area contributed by atoms with Gasteiger partial charge in [-0.05, 0) is 32.2 Å². The Morgan fingerprint density at radius 3 is 2.58 bits per heavy atom. The van der Waals surface area contributed by atoms with E-state index in [0.29, 0.717) is 0 Å². The standard InChI is InChI=1S/C10H22N2/c1-3-6-12-10(2,8-11)7-9-4-5-9/h9,12H,3-8,11H2,1-2H3. The van der Waals surface area contributed by atoms with Gasteiger partial charge in [-0.1, -0.05) is 19.8 Å². The van der Waals surface area contributed by atoms with E-state index >= 15 is 0 Å². The van der Waals surface area contributed by atoms with Gasteiger partial charge in [-0.15, -0.1) is 0 Å². The Balaban J connectivity index is 2.25.